The Kier molecular flexibility index (Phi) is 7.04. The summed E-state index contributed by atoms with van der Waals surface area (Å²) in [7, 11) is 1.63. The quantitative estimate of drug-likeness (QED) is 0.709. The minimum atomic E-state index is -0.758. The van der Waals surface area contributed by atoms with Gasteiger partial charge in [0.2, 0.25) is 0 Å². The molecule has 2 atom stereocenters. The van der Waals surface area contributed by atoms with E-state index in [1.807, 2.05) is 31.2 Å². The highest BCUT2D eigenvalue weighted by Crippen LogP contribution is 2.24. The first-order chi connectivity index (χ1) is 9.58. The Morgan fingerprint density at radius 1 is 1.40 bits per heavy atom. The highest BCUT2D eigenvalue weighted by Gasteiger charge is 2.15. The number of carbonyl (C=O) groups is 1. The molecule has 0 saturated heterocycles. The second-order valence-electron chi connectivity index (χ2n) is 4.53. The third kappa shape index (κ3) is 5.19. The number of hydrogen-bond donors (Lipinski definition) is 2. The molecule has 0 saturated carbocycles. The van der Waals surface area contributed by atoms with Crippen molar-refractivity contribution in [3.8, 4) is 5.75 Å². The maximum Gasteiger partial charge on any atom is 0.308 e. The molecule has 0 aliphatic rings. The summed E-state index contributed by atoms with van der Waals surface area (Å²) >= 11 is 0. The molecule has 1 aromatic rings. The van der Waals surface area contributed by atoms with Gasteiger partial charge in [-0.1, -0.05) is 18.2 Å². The first-order valence-electron chi connectivity index (χ1n) is 6.78. The number of methoxy groups -OCH3 is 1. The monoisotopic (exact) mass is 281 g/mol. The molecule has 5 nitrogen and oxygen atoms in total. The van der Waals surface area contributed by atoms with Crippen molar-refractivity contribution >= 4 is 5.97 Å². The predicted octanol–water partition coefficient (Wildman–Crippen LogP) is 1.66. The van der Waals surface area contributed by atoms with Crippen LogP contribution in [-0.4, -0.2) is 37.4 Å². The summed E-state index contributed by atoms with van der Waals surface area (Å²) in [6.45, 7) is 4.37. The maximum atomic E-state index is 11.2. The number of aliphatic hydroxyl groups is 1. The smallest absolute Gasteiger partial charge is 0.308 e. The van der Waals surface area contributed by atoms with Crippen LogP contribution in [0.15, 0.2) is 24.3 Å². The highest BCUT2D eigenvalue weighted by atomic mass is 16.5. The molecule has 0 spiro atoms. The van der Waals surface area contributed by atoms with Crippen molar-refractivity contribution in [3.63, 3.8) is 0 Å². The summed E-state index contributed by atoms with van der Waals surface area (Å²) in [5.74, 6) is 0.416. The van der Waals surface area contributed by atoms with Crippen LogP contribution in [0.2, 0.25) is 0 Å². The first kappa shape index (κ1) is 16.5. The summed E-state index contributed by atoms with van der Waals surface area (Å²) < 4.78 is 10.1. The second-order valence-corrected chi connectivity index (χ2v) is 4.53. The average Bonchev–Trinajstić information content (AvgIpc) is 2.44. The van der Waals surface area contributed by atoms with E-state index in [0.717, 1.165) is 11.3 Å². The number of esters is 1. The molecule has 0 radical (unpaired) electrons. The lowest BCUT2D eigenvalue weighted by Crippen LogP contribution is -2.31. The Morgan fingerprint density at radius 2 is 2.10 bits per heavy atom. The Morgan fingerprint density at radius 3 is 2.75 bits per heavy atom. The Bertz CT molecular complexity index is 422. The highest BCUT2D eigenvalue weighted by molar-refractivity contribution is 5.69. The molecule has 5 heteroatoms. The number of rotatable bonds is 8. The van der Waals surface area contributed by atoms with Gasteiger partial charge in [-0.3, -0.25) is 4.79 Å². The van der Waals surface area contributed by atoms with Gasteiger partial charge in [0.1, 0.15) is 5.75 Å². The summed E-state index contributed by atoms with van der Waals surface area (Å²) in [4.78, 5) is 11.2. The van der Waals surface area contributed by atoms with Gasteiger partial charge in [0, 0.05) is 18.2 Å². The van der Waals surface area contributed by atoms with Gasteiger partial charge in [0.05, 0.1) is 26.2 Å². The van der Waals surface area contributed by atoms with Gasteiger partial charge >= 0.3 is 5.97 Å². The summed E-state index contributed by atoms with van der Waals surface area (Å²) in [5, 5.41) is 13.0. The summed E-state index contributed by atoms with van der Waals surface area (Å²) in [5.41, 5.74) is 1.01. The maximum absolute atomic E-state index is 11.2. The number of hydrogen-bond acceptors (Lipinski definition) is 5. The molecule has 0 aromatic heterocycles. The molecule has 0 bridgehead atoms. The van der Waals surface area contributed by atoms with Crippen LogP contribution in [-0.2, 0) is 9.53 Å². The fraction of sp³-hybridized carbons (Fsp3) is 0.533. The van der Waals surface area contributed by atoms with Crippen molar-refractivity contribution in [1.82, 2.24) is 5.32 Å². The number of benzene rings is 1. The Hall–Kier alpha value is -1.59. The largest absolute Gasteiger partial charge is 0.496 e. The molecule has 20 heavy (non-hydrogen) atoms. The third-order valence-electron chi connectivity index (χ3n) is 2.97. The van der Waals surface area contributed by atoms with Crippen LogP contribution < -0.4 is 10.1 Å². The number of aliphatic hydroxyl groups excluding tert-OH is 1. The second kappa shape index (κ2) is 8.55. The standard InChI is InChI=1S/C15H23NO4/c1-4-20-15(18)9-12(17)10-16-11(2)13-7-5-6-8-14(13)19-3/h5-8,11-12,16-17H,4,9-10H2,1-3H3/t11-,12?/m1/s1. The van der Waals surface area contributed by atoms with Gasteiger partial charge in [-0.15, -0.1) is 0 Å². The van der Waals surface area contributed by atoms with Gasteiger partial charge in [-0.2, -0.15) is 0 Å². The van der Waals surface area contributed by atoms with Gasteiger partial charge in [-0.25, -0.2) is 0 Å². The zero-order valence-corrected chi connectivity index (χ0v) is 12.3. The van der Waals surface area contributed by atoms with Crippen LogP contribution in [0.25, 0.3) is 0 Å². The molecule has 112 valence electrons. The number of para-hydroxylation sites is 1. The van der Waals surface area contributed by atoms with Crippen LogP contribution in [0.4, 0.5) is 0 Å². The zero-order valence-electron chi connectivity index (χ0n) is 12.3. The van der Waals surface area contributed by atoms with Crippen molar-refractivity contribution in [1.29, 1.82) is 0 Å². The van der Waals surface area contributed by atoms with Crippen LogP contribution >= 0.6 is 0 Å². The zero-order chi connectivity index (χ0) is 15.0. The molecule has 1 unspecified atom stereocenters. The molecule has 0 aliphatic heterocycles. The molecule has 0 heterocycles. The minimum absolute atomic E-state index is 0.000511. The normalized spacial score (nSPS) is 13.6. The Balaban J connectivity index is 2.46. The van der Waals surface area contributed by atoms with Crippen LogP contribution in [0.1, 0.15) is 31.9 Å². The molecule has 0 fully saturated rings. The van der Waals surface area contributed by atoms with E-state index in [4.69, 9.17) is 9.47 Å². The van der Waals surface area contributed by atoms with Crippen molar-refractivity contribution in [2.45, 2.75) is 32.4 Å². The topological polar surface area (TPSA) is 67.8 Å². The number of nitrogens with one attached hydrogen (secondary N) is 1. The van der Waals surface area contributed by atoms with Gasteiger partial charge in [0.25, 0.3) is 0 Å². The van der Waals surface area contributed by atoms with E-state index in [9.17, 15) is 9.90 Å². The average molecular weight is 281 g/mol. The minimum Gasteiger partial charge on any atom is -0.496 e. The van der Waals surface area contributed by atoms with Crippen molar-refractivity contribution < 1.29 is 19.4 Å². The van der Waals surface area contributed by atoms with Crippen LogP contribution in [0.5, 0.6) is 5.75 Å². The molecule has 0 amide bonds. The van der Waals surface area contributed by atoms with E-state index >= 15 is 0 Å². The van der Waals surface area contributed by atoms with Gasteiger partial charge in [0.15, 0.2) is 0 Å². The fourth-order valence-electron chi connectivity index (χ4n) is 1.93. The van der Waals surface area contributed by atoms with Crippen molar-refractivity contribution in [2.24, 2.45) is 0 Å². The van der Waals surface area contributed by atoms with Gasteiger partial charge < -0.3 is 19.9 Å². The van der Waals surface area contributed by atoms with E-state index in [0.29, 0.717) is 13.2 Å². The van der Waals surface area contributed by atoms with Crippen LogP contribution in [0, 0.1) is 0 Å². The number of carbonyl (C=O) groups excluding carboxylic acids is 1. The summed E-state index contributed by atoms with van der Waals surface area (Å²) in [6, 6.07) is 7.72. The lowest BCUT2D eigenvalue weighted by atomic mass is 10.1. The van der Waals surface area contributed by atoms with E-state index in [-0.39, 0.29) is 18.4 Å². The SMILES string of the molecule is CCOC(=O)CC(O)CN[C@H](C)c1ccccc1OC. The fourth-order valence-corrected chi connectivity index (χ4v) is 1.93. The molecule has 2 N–H and O–H groups in total. The summed E-state index contributed by atoms with van der Waals surface area (Å²) in [6.07, 6.45) is -0.759. The van der Waals surface area contributed by atoms with E-state index in [1.165, 1.54) is 0 Å². The molecular formula is C15H23NO4. The molecule has 1 aromatic carbocycles. The van der Waals surface area contributed by atoms with Crippen molar-refractivity contribution in [3.05, 3.63) is 29.8 Å². The molecule has 0 aliphatic carbocycles. The van der Waals surface area contributed by atoms with E-state index in [1.54, 1.807) is 14.0 Å². The lowest BCUT2D eigenvalue weighted by molar-refractivity contribution is -0.145. The lowest BCUT2D eigenvalue weighted by Gasteiger charge is -2.19. The third-order valence-corrected chi connectivity index (χ3v) is 2.97. The first-order valence-corrected chi connectivity index (χ1v) is 6.78. The number of ether oxygens (including phenoxy) is 2. The van der Waals surface area contributed by atoms with Gasteiger partial charge in [-0.05, 0) is 19.9 Å². The van der Waals surface area contributed by atoms with Crippen molar-refractivity contribution in [2.75, 3.05) is 20.3 Å². The van der Waals surface area contributed by atoms with Crippen LogP contribution in [0.3, 0.4) is 0 Å². The molecular weight excluding hydrogens is 258 g/mol. The van der Waals surface area contributed by atoms with E-state index in [2.05, 4.69) is 5.32 Å². The molecule has 1 rings (SSSR count). The predicted molar refractivity (Wildman–Crippen MR) is 76.7 cm³/mol. The van der Waals surface area contributed by atoms with E-state index < -0.39 is 6.10 Å². The Labute approximate surface area is 119 Å².